The van der Waals surface area contributed by atoms with E-state index in [9.17, 15) is 9.59 Å². The largest absolute Gasteiger partial charge is 0.480 e. The van der Waals surface area contributed by atoms with Crippen molar-refractivity contribution in [3.05, 3.63) is 42.6 Å². The van der Waals surface area contributed by atoms with Gasteiger partial charge in [0.25, 0.3) is 5.91 Å². The second-order valence-electron chi connectivity index (χ2n) is 5.26. The third kappa shape index (κ3) is 3.01. The van der Waals surface area contributed by atoms with Gasteiger partial charge in [0.05, 0.1) is 12.8 Å². The third-order valence-corrected chi connectivity index (χ3v) is 3.61. The smallest absolute Gasteiger partial charge is 0.268 e. The highest BCUT2D eigenvalue weighted by Gasteiger charge is 2.32. The minimum Gasteiger partial charge on any atom is -0.480 e. The van der Waals surface area contributed by atoms with Gasteiger partial charge in [-0.15, -0.1) is 0 Å². The summed E-state index contributed by atoms with van der Waals surface area (Å²) < 4.78 is 10.7. The molecule has 1 aliphatic heterocycles. The molecule has 0 saturated heterocycles. The first-order valence-electron chi connectivity index (χ1n) is 7.46. The van der Waals surface area contributed by atoms with Gasteiger partial charge < -0.3 is 14.8 Å². The zero-order chi connectivity index (χ0) is 17.1. The van der Waals surface area contributed by atoms with E-state index in [1.165, 1.54) is 12.0 Å². The number of carbonyl (C=O) groups is 2. The van der Waals surface area contributed by atoms with E-state index in [4.69, 9.17) is 9.47 Å². The monoisotopic (exact) mass is 327 g/mol. The molecule has 0 radical (unpaired) electrons. The summed E-state index contributed by atoms with van der Waals surface area (Å²) in [5.74, 6) is 0.282. The summed E-state index contributed by atoms with van der Waals surface area (Å²) in [5.41, 5.74) is 1.03. The van der Waals surface area contributed by atoms with Crippen molar-refractivity contribution in [1.82, 2.24) is 4.98 Å². The minimum atomic E-state index is -0.638. The molecule has 0 bridgehead atoms. The van der Waals surface area contributed by atoms with Gasteiger partial charge in [0.1, 0.15) is 18.0 Å². The van der Waals surface area contributed by atoms with Crippen LogP contribution in [0, 0.1) is 0 Å². The maximum absolute atomic E-state index is 12.4. The summed E-state index contributed by atoms with van der Waals surface area (Å²) in [6, 6.07) is 10.5. The Morgan fingerprint density at radius 1 is 1.33 bits per heavy atom. The number of aromatic nitrogens is 1. The summed E-state index contributed by atoms with van der Waals surface area (Å²) in [6.45, 7) is 1.54. The highest BCUT2D eigenvalue weighted by atomic mass is 16.5. The number of hydrogen-bond acceptors (Lipinski definition) is 5. The van der Waals surface area contributed by atoms with Crippen LogP contribution in [0.15, 0.2) is 42.6 Å². The van der Waals surface area contributed by atoms with Crippen molar-refractivity contribution in [3.8, 4) is 11.6 Å². The Bertz CT molecular complexity index is 778. The Morgan fingerprint density at radius 2 is 2.12 bits per heavy atom. The molecule has 1 N–H and O–H groups in total. The predicted octanol–water partition coefficient (Wildman–Crippen LogP) is 1.84. The Hall–Kier alpha value is -3.09. The lowest BCUT2D eigenvalue weighted by molar-refractivity contribution is -0.127. The van der Waals surface area contributed by atoms with Crippen molar-refractivity contribution in [3.63, 3.8) is 0 Å². The molecule has 1 aromatic heterocycles. The maximum Gasteiger partial charge on any atom is 0.268 e. The van der Waals surface area contributed by atoms with E-state index in [0.717, 1.165) is 0 Å². The van der Waals surface area contributed by atoms with Crippen LogP contribution in [0.4, 0.5) is 11.4 Å². The lowest BCUT2D eigenvalue weighted by atomic mass is 10.2. The van der Waals surface area contributed by atoms with E-state index in [2.05, 4.69) is 10.3 Å². The topological polar surface area (TPSA) is 80.8 Å². The minimum absolute atomic E-state index is 0.123. The molecule has 1 unspecified atom stereocenters. The number of methoxy groups -OCH3 is 1. The molecule has 2 heterocycles. The van der Waals surface area contributed by atoms with Gasteiger partial charge in [0.2, 0.25) is 11.8 Å². The van der Waals surface area contributed by atoms with Crippen LogP contribution in [-0.4, -0.2) is 36.6 Å². The van der Waals surface area contributed by atoms with Crippen molar-refractivity contribution in [2.75, 3.05) is 23.9 Å². The van der Waals surface area contributed by atoms with E-state index in [0.29, 0.717) is 23.0 Å². The van der Waals surface area contributed by atoms with Crippen molar-refractivity contribution in [1.29, 1.82) is 0 Å². The highest BCUT2D eigenvalue weighted by Crippen LogP contribution is 2.33. The molecular formula is C17H17N3O4. The maximum atomic E-state index is 12.4. The average molecular weight is 327 g/mol. The summed E-state index contributed by atoms with van der Waals surface area (Å²) in [4.78, 5) is 30.2. The van der Waals surface area contributed by atoms with E-state index in [-0.39, 0.29) is 18.4 Å². The first-order valence-corrected chi connectivity index (χ1v) is 7.46. The van der Waals surface area contributed by atoms with E-state index >= 15 is 0 Å². The quantitative estimate of drug-likeness (QED) is 0.927. The Balaban J connectivity index is 1.80. The molecule has 124 valence electrons. The number of benzene rings is 1. The summed E-state index contributed by atoms with van der Waals surface area (Å²) >= 11 is 0. The number of rotatable bonds is 4. The van der Waals surface area contributed by atoms with Crippen LogP contribution in [0.3, 0.4) is 0 Å². The Kier molecular flexibility index (Phi) is 4.33. The molecule has 0 spiro atoms. The number of nitrogens with zero attached hydrogens (tertiary/aromatic N) is 2. The molecule has 24 heavy (non-hydrogen) atoms. The van der Waals surface area contributed by atoms with Crippen molar-refractivity contribution in [2.45, 2.75) is 13.0 Å². The molecule has 2 amide bonds. The van der Waals surface area contributed by atoms with Crippen LogP contribution in [0.1, 0.15) is 6.92 Å². The SMILES string of the molecule is COc1ncccc1NC(=O)CN1C(=O)C(C)Oc2ccccc21. The zero-order valence-electron chi connectivity index (χ0n) is 13.4. The number of fused-ring (bicyclic) bond motifs is 1. The van der Waals surface area contributed by atoms with Gasteiger partial charge in [0.15, 0.2) is 6.10 Å². The number of para-hydroxylation sites is 2. The molecule has 7 heteroatoms. The fourth-order valence-corrected chi connectivity index (χ4v) is 2.50. The van der Waals surface area contributed by atoms with Crippen LogP contribution >= 0.6 is 0 Å². The lowest BCUT2D eigenvalue weighted by Gasteiger charge is -2.32. The molecule has 0 saturated carbocycles. The number of anilines is 2. The van der Waals surface area contributed by atoms with Gasteiger partial charge >= 0.3 is 0 Å². The third-order valence-electron chi connectivity index (χ3n) is 3.61. The van der Waals surface area contributed by atoms with Crippen LogP contribution in [0.25, 0.3) is 0 Å². The van der Waals surface area contributed by atoms with E-state index in [1.54, 1.807) is 43.5 Å². The van der Waals surface area contributed by atoms with Gasteiger partial charge in [-0.25, -0.2) is 4.98 Å². The number of nitrogens with one attached hydrogen (secondary N) is 1. The number of hydrogen-bond donors (Lipinski definition) is 1. The number of amides is 2. The average Bonchev–Trinajstić information content (AvgIpc) is 2.59. The zero-order valence-corrected chi connectivity index (χ0v) is 13.4. The fraction of sp³-hybridized carbons (Fsp3) is 0.235. The van der Waals surface area contributed by atoms with Crippen LogP contribution < -0.4 is 19.7 Å². The number of ether oxygens (including phenoxy) is 2. The van der Waals surface area contributed by atoms with E-state index < -0.39 is 6.10 Å². The summed E-state index contributed by atoms with van der Waals surface area (Å²) in [5, 5.41) is 2.71. The van der Waals surface area contributed by atoms with Crippen LogP contribution in [0.2, 0.25) is 0 Å². The first-order chi connectivity index (χ1) is 11.6. The summed E-state index contributed by atoms with van der Waals surface area (Å²) in [7, 11) is 1.47. The second kappa shape index (κ2) is 6.57. The molecule has 7 nitrogen and oxygen atoms in total. The molecular weight excluding hydrogens is 310 g/mol. The molecule has 3 rings (SSSR count). The molecule has 1 aliphatic rings. The number of carbonyl (C=O) groups excluding carboxylic acids is 2. The van der Waals surface area contributed by atoms with Gasteiger partial charge in [0, 0.05) is 6.20 Å². The van der Waals surface area contributed by atoms with Crippen molar-refractivity contribution < 1.29 is 19.1 Å². The normalized spacial score (nSPS) is 16.2. The first kappa shape index (κ1) is 15.8. The lowest BCUT2D eigenvalue weighted by Crippen LogP contribution is -2.47. The molecule has 0 aliphatic carbocycles. The van der Waals surface area contributed by atoms with Crippen LogP contribution in [-0.2, 0) is 9.59 Å². The molecule has 0 fully saturated rings. The van der Waals surface area contributed by atoms with E-state index in [1.807, 2.05) is 6.07 Å². The molecule has 1 aromatic carbocycles. The molecule has 1 atom stereocenters. The highest BCUT2D eigenvalue weighted by molar-refractivity contribution is 6.06. The Morgan fingerprint density at radius 3 is 2.92 bits per heavy atom. The number of pyridine rings is 1. The standard InChI is InChI=1S/C17H17N3O4/c1-11-17(22)20(13-7-3-4-8-14(13)24-11)10-15(21)19-12-6-5-9-18-16(12)23-2/h3-9,11H,10H2,1-2H3,(H,19,21). The van der Waals surface area contributed by atoms with Crippen molar-refractivity contribution in [2.24, 2.45) is 0 Å². The van der Waals surface area contributed by atoms with Crippen molar-refractivity contribution >= 4 is 23.2 Å². The second-order valence-corrected chi connectivity index (χ2v) is 5.26. The Labute approximate surface area is 139 Å². The molecule has 2 aromatic rings. The van der Waals surface area contributed by atoms with Gasteiger partial charge in [-0.3, -0.25) is 14.5 Å². The van der Waals surface area contributed by atoms with Gasteiger partial charge in [-0.1, -0.05) is 12.1 Å². The fourth-order valence-electron chi connectivity index (χ4n) is 2.50. The van der Waals surface area contributed by atoms with Gasteiger partial charge in [-0.2, -0.15) is 0 Å². The predicted molar refractivity (Wildman–Crippen MR) is 88.3 cm³/mol. The summed E-state index contributed by atoms with van der Waals surface area (Å²) in [6.07, 6.45) is 0.929. The van der Waals surface area contributed by atoms with Gasteiger partial charge in [-0.05, 0) is 31.2 Å². The van der Waals surface area contributed by atoms with Crippen LogP contribution in [0.5, 0.6) is 11.6 Å².